The van der Waals surface area contributed by atoms with Crippen LogP contribution < -0.4 is 20.3 Å². The normalized spacial score (nSPS) is 22.8. The average molecular weight is 858 g/mol. The number of piperidine rings is 2. The van der Waals surface area contributed by atoms with E-state index in [2.05, 4.69) is 25.4 Å². The number of carbonyl (C=O) groups excluding carboxylic acids is 6. The lowest BCUT2D eigenvalue weighted by Gasteiger charge is -2.38. The van der Waals surface area contributed by atoms with Crippen LogP contribution in [0.4, 0.5) is 15.8 Å². The maximum absolute atomic E-state index is 14.0. The van der Waals surface area contributed by atoms with Crippen LogP contribution in [-0.2, 0) is 19.2 Å². The summed E-state index contributed by atoms with van der Waals surface area (Å²) in [4.78, 5) is 88.7. The first-order valence-corrected chi connectivity index (χ1v) is 22.2. The van der Waals surface area contributed by atoms with E-state index in [-0.39, 0.29) is 59.5 Å². The van der Waals surface area contributed by atoms with E-state index in [4.69, 9.17) is 4.74 Å². The Labute approximate surface area is 365 Å². The number of hydrogen-bond acceptors (Lipinski definition) is 10. The molecule has 4 fully saturated rings. The van der Waals surface area contributed by atoms with Gasteiger partial charge in [-0.15, -0.1) is 0 Å². The number of rotatable bonds is 10. The molecular weight excluding hydrogens is 806 g/mol. The van der Waals surface area contributed by atoms with Crippen molar-refractivity contribution in [2.75, 3.05) is 56.0 Å². The van der Waals surface area contributed by atoms with Crippen molar-refractivity contribution in [2.24, 2.45) is 11.8 Å². The second-order valence-electron chi connectivity index (χ2n) is 17.6. The smallest absolute Gasteiger partial charge is 0.262 e. The first-order valence-electron chi connectivity index (χ1n) is 22.2. The highest BCUT2D eigenvalue weighted by Crippen LogP contribution is 2.41. The van der Waals surface area contributed by atoms with E-state index in [1.807, 2.05) is 48.2 Å². The van der Waals surface area contributed by atoms with Crippen LogP contribution in [0.1, 0.15) is 90.5 Å². The molecule has 5 heterocycles. The summed E-state index contributed by atoms with van der Waals surface area (Å²) in [5, 5.41) is 6.19. The average Bonchev–Trinajstić information content (AvgIpc) is 3.54. The van der Waals surface area contributed by atoms with E-state index >= 15 is 0 Å². The number of pyridine rings is 1. The van der Waals surface area contributed by atoms with Gasteiger partial charge in [0.25, 0.3) is 11.8 Å². The zero-order valence-corrected chi connectivity index (χ0v) is 35.4. The number of halogens is 1. The number of fused-ring (bicyclic) bond motifs is 2. The third-order valence-corrected chi connectivity index (χ3v) is 13.8. The molecule has 0 bridgehead atoms. The Kier molecular flexibility index (Phi) is 11.9. The van der Waals surface area contributed by atoms with Crippen LogP contribution in [0.25, 0.3) is 10.9 Å². The minimum atomic E-state index is -1.01. The second kappa shape index (κ2) is 17.9. The topological polar surface area (TPSA) is 162 Å². The van der Waals surface area contributed by atoms with Crippen molar-refractivity contribution in [1.82, 2.24) is 25.0 Å². The van der Waals surface area contributed by atoms with Crippen LogP contribution in [-0.4, -0.2) is 113 Å². The molecule has 0 spiro atoms. The summed E-state index contributed by atoms with van der Waals surface area (Å²) < 4.78 is 20.3. The number of nitrogens with one attached hydrogen (secondary N) is 2. The molecular formula is C48H52FN7O7. The Morgan fingerprint density at radius 2 is 1.56 bits per heavy atom. The van der Waals surface area contributed by atoms with Gasteiger partial charge in [0.05, 0.1) is 23.2 Å². The van der Waals surface area contributed by atoms with Gasteiger partial charge in [0.2, 0.25) is 23.6 Å². The number of benzene rings is 3. The third kappa shape index (κ3) is 8.88. The molecule has 0 radical (unpaired) electrons. The predicted octanol–water partition coefficient (Wildman–Crippen LogP) is 5.52. The molecule has 2 atom stereocenters. The second-order valence-corrected chi connectivity index (χ2v) is 17.6. The van der Waals surface area contributed by atoms with Crippen LogP contribution in [0.15, 0.2) is 72.9 Å². The molecule has 14 nitrogen and oxygen atoms in total. The van der Waals surface area contributed by atoms with Gasteiger partial charge in [0.1, 0.15) is 23.7 Å². The Balaban J connectivity index is 0.687. The molecule has 9 rings (SSSR count). The first-order chi connectivity index (χ1) is 30.5. The van der Waals surface area contributed by atoms with Crippen molar-refractivity contribution in [3.63, 3.8) is 0 Å². The molecule has 5 aliphatic rings. The Hall–Kier alpha value is -6.22. The van der Waals surface area contributed by atoms with E-state index in [1.54, 1.807) is 30.5 Å². The number of anilines is 2. The van der Waals surface area contributed by atoms with Crippen molar-refractivity contribution >= 4 is 57.7 Å². The van der Waals surface area contributed by atoms with Crippen LogP contribution in [0.2, 0.25) is 0 Å². The van der Waals surface area contributed by atoms with Gasteiger partial charge >= 0.3 is 0 Å². The van der Waals surface area contributed by atoms with Gasteiger partial charge in [-0.1, -0.05) is 6.92 Å². The maximum atomic E-state index is 14.0. The molecule has 1 aliphatic carbocycles. The highest BCUT2D eigenvalue weighted by atomic mass is 19.1. The zero-order valence-electron chi connectivity index (χ0n) is 35.4. The number of carbonyl (C=O) groups is 6. The number of amides is 6. The predicted molar refractivity (Wildman–Crippen MR) is 233 cm³/mol. The summed E-state index contributed by atoms with van der Waals surface area (Å²) in [6.45, 7) is 6.11. The van der Waals surface area contributed by atoms with E-state index in [1.165, 1.54) is 6.07 Å². The van der Waals surface area contributed by atoms with Gasteiger partial charge in [0.15, 0.2) is 0 Å². The maximum Gasteiger partial charge on any atom is 0.262 e. The van der Waals surface area contributed by atoms with Gasteiger partial charge in [0, 0.05) is 87.4 Å². The summed E-state index contributed by atoms with van der Waals surface area (Å²) in [6, 6.07) is 18.4. The SMILES string of the molecule is C[C@@H](C(=O)Nc1ccc(OC2CCN(C(=O)CN3CCN(c4ccc5c(c4)C(=O)N(C4CCC(=O)NC4=O)C5=O)CC3)CC2)cc1)C1CCC(c2ccnc3ccc(F)cc23)CC1. The molecule has 1 aromatic heterocycles. The first kappa shape index (κ1) is 42.1. The van der Waals surface area contributed by atoms with Crippen LogP contribution in [0, 0.1) is 17.7 Å². The summed E-state index contributed by atoms with van der Waals surface area (Å²) in [5.74, 6) is -1.12. The van der Waals surface area contributed by atoms with E-state index in [0.717, 1.165) is 64.2 Å². The van der Waals surface area contributed by atoms with Crippen molar-refractivity contribution in [1.29, 1.82) is 0 Å². The van der Waals surface area contributed by atoms with Gasteiger partial charge in [-0.2, -0.15) is 0 Å². The minimum Gasteiger partial charge on any atom is -0.490 e. The highest BCUT2D eigenvalue weighted by Gasteiger charge is 2.45. The van der Waals surface area contributed by atoms with Gasteiger partial charge in [-0.05, 0) is 116 Å². The third-order valence-electron chi connectivity index (χ3n) is 13.8. The van der Waals surface area contributed by atoms with Crippen molar-refractivity contribution < 1.29 is 37.9 Å². The van der Waals surface area contributed by atoms with Gasteiger partial charge in [-0.3, -0.25) is 48.9 Å². The molecule has 63 heavy (non-hydrogen) atoms. The van der Waals surface area contributed by atoms with Crippen LogP contribution in [0.5, 0.6) is 5.75 Å². The molecule has 15 heteroatoms. The molecule has 4 aromatic rings. The molecule has 3 saturated heterocycles. The van der Waals surface area contributed by atoms with Crippen LogP contribution >= 0.6 is 0 Å². The molecule has 3 aromatic carbocycles. The fraction of sp³-hybridized carbons (Fsp3) is 0.438. The fourth-order valence-corrected chi connectivity index (χ4v) is 10.0. The van der Waals surface area contributed by atoms with Crippen molar-refractivity contribution in [3.05, 3.63) is 95.4 Å². The van der Waals surface area contributed by atoms with E-state index in [0.29, 0.717) is 64.6 Å². The molecule has 4 aliphatic heterocycles. The molecule has 1 unspecified atom stereocenters. The number of aromatic nitrogens is 1. The van der Waals surface area contributed by atoms with Crippen molar-refractivity contribution in [3.8, 4) is 5.75 Å². The summed E-state index contributed by atoms with van der Waals surface area (Å²) in [6.07, 6.45) is 7.13. The van der Waals surface area contributed by atoms with E-state index < -0.39 is 29.7 Å². The lowest BCUT2D eigenvalue weighted by Crippen LogP contribution is -2.54. The number of ether oxygens (including phenoxy) is 1. The molecule has 328 valence electrons. The van der Waals surface area contributed by atoms with Gasteiger partial charge < -0.3 is 19.9 Å². The van der Waals surface area contributed by atoms with Crippen LogP contribution in [0.3, 0.4) is 0 Å². The lowest BCUT2D eigenvalue weighted by atomic mass is 9.73. The quantitative estimate of drug-likeness (QED) is 0.195. The number of nitrogens with zero attached hydrogens (tertiary/aromatic N) is 5. The van der Waals surface area contributed by atoms with Gasteiger partial charge in [-0.25, -0.2) is 4.39 Å². The number of piperazine rings is 1. The summed E-state index contributed by atoms with van der Waals surface area (Å²) in [7, 11) is 0. The molecule has 6 amide bonds. The number of likely N-dealkylation sites (tertiary alicyclic amines) is 1. The zero-order chi connectivity index (χ0) is 43.8. The Morgan fingerprint density at radius 3 is 2.29 bits per heavy atom. The summed E-state index contributed by atoms with van der Waals surface area (Å²) >= 11 is 0. The van der Waals surface area contributed by atoms with E-state index in [9.17, 15) is 33.2 Å². The number of imide groups is 2. The number of hydrogen-bond donors (Lipinski definition) is 2. The fourth-order valence-electron chi connectivity index (χ4n) is 10.0. The highest BCUT2D eigenvalue weighted by molar-refractivity contribution is 6.23. The lowest BCUT2D eigenvalue weighted by molar-refractivity contribution is -0.136. The van der Waals surface area contributed by atoms with Crippen molar-refractivity contribution in [2.45, 2.75) is 76.4 Å². The largest absolute Gasteiger partial charge is 0.490 e. The Morgan fingerprint density at radius 1 is 0.825 bits per heavy atom. The Bertz CT molecular complexity index is 2440. The monoisotopic (exact) mass is 857 g/mol. The minimum absolute atomic E-state index is 0.000398. The summed E-state index contributed by atoms with van der Waals surface area (Å²) in [5.41, 5.74) is 3.96. The molecule has 2 N–H and O–H groups in total. The standard InChI is InChI=1S/C48H52FN7O7/c1-29(30-2-4-31(5-3-30)37-16-19-50-41-13-6-32(49)26-39(37)41)45(59)51-33-7-10-35(11-8-33)63-36-17-20-55(21-18-36)44(58)28-53-22-24-54(25-23-53)34-9-12-38-40(27-34)48(62)56(47(38)61)42-14-15-43(57)52-46(42)60/h6-13,16,19,26-27,29-31,36,42H,2-5,14-15,17-18,20-25,28H2,1H3,(H,51,59)(H,52,57,60)/t29-,30?,31?,42?/m1/s1. The molecule has 1 saturated carbocycles.